The fourth-order valence-corrected chi connectivity index (χ4v) is 3.97. The third-order valence-electron chi connectivity index (χ3n) is 5.84. The highest BCUT2D eigenvalue weighted by molar-refractivity contribution is 6.11. The van der Waals surface area contributed by atoms with Crippen molar-refractivity contribution >= 4 is 22.7 Å². The van der Waals surface area contributed by atoms with E-state index in [1.807, 2.05) is 30.1 Å². The Morgan fingerprint density at radius 2 is 1.77 bits per heavy atom. The molecule has 162 valence electrons. The summed E-state index contributed by atoms with van der Waals surface area (Å²) in [6.45, 7) is 5.51. The number of nitrogens with zero attached hydrogens (tertiary/aromatic N) is 3. The summed E-state index contributed by atoms with van der Waals surface area (Å²) in [4.78, 5) is 23.8. The van der Waals surface area contributed by atoms with Crippen LogP contribution in [0.5, 0.6) is 11.5 Å². The number of carbonyl (C=O) groups excluding carboxylic acids is 1. The van der Waals surface area contributed by atoms with Crippen molar-refractivity contribution in [3.63, 3.8) is 0 Å². The molecule has 1 atom stereocenters. The number of benzene rings is 2. The summed E-state index contributed by atoms with van der Waals surface area (Å²) in [6.07, 6.45) is 4.64. The minimum atomic E-state index is -0.334. The van der Waals surface area contributed by atoms with Crippen LogP contribution in [0.2, 0.25) is 0 Å². The Morgan fingerprint density at radius 3 is 2.42 bits per heavy atom. The molecule has 0 fully saturated rings. The fourth-order valence-electron chi connectivity index (χ4n) is 3.97. The van der Waals surface area contributed by atoms with E-state index in [1.54, 1.807) is 26.6 Å². The number of aromatic nitrogens is 2. The minimum absolute atomic E-state index is 0.252. The molecule has 0 aliphatic carbocycles. The predicted octanol–water partition coefficient (Wildman–Crippen LogP) is 4.47. The van der Waals surface area contributed by atoms with Gasteiger partial charge < -0.3 is 19.1 Å². The van der Waals surface area contributed by atoms with Crippen LogP contribution in [0, 0.1) is 5.92 Å². The Kier molecular flexibility index (Phi) is 5.67. The molecule has 0 bridgehead atoms. The monoisotopic (exact) mass is 421 g/mol. The van der Waals surface area contributed by atoms with Gasteiger partial charge in [-0.25, -0.2) is 14.8 Å². The van der Waals surface area contributed by atoms with E-state index in [4.69, 9.17) is 14.2 Å². The topological polar surface area (TPSA) is 73.8 Å². The third kappa shape index (κ3) is 3.76. The van der Waals surface area contributed by atoms with Gasteiger partial charge in [0, 0.05) is 42.7 Å². The number of rotatable bonds is 7. The van der Waals surface area contributed by atoms with Gasteiger partial charge in [0.25, 0.3) is 0 Å². The first kappa shape index (κ1) is 20.9. The molecule has 3 aromatic rings. The largest absolute Gasteiger partial charge is 0.493 e. The molecule has 0 radical (unpaired) electrons. The third-order valence-corrected chi connectivity index (χ3v) is 5.84. The van der Waals surface area contributed by atoms with Crippen LogP contribution in [0.1, 0.15) is 36.2 Å². The van der Waals surface area contributed by atoms with E-state index in [0.717, 1.165) is 40.4 Å². The second-order valence-corrected chi connectivity index (χ2v) is 7.96. The molecule has 7 heteroatoms. The average molecular weight is 421 g/mol. The van der Waals surface area contributed by atoms with Crippen molar-refractivity contribution in [3.05, 3.63) is 41.7 Å². The number of methoxy groups -OCH3 is 2. The predicted molar refractivity (Wildman–Crippen MR) is 120 cm³/mol. The Morgan fingerprint density at radius 1 is 1.10 bits per heavy atom. The van der Waals surface area contributed by atoms with E-state index in [1.165, 1.54) is 0 Å². The van der Waals surface area contributed by atoms with Crippen molar-refractivity contribution in [2.24, 2.45) is 5.92 Å². The summed E-state index contributed by atoms with van der Waals surface area (Å²) in [5.74, 6) is 2.09. The van der Waals surface area contributed by atoms with Gasteiger partial charge in [-0.2, -0.15) is 0 Å². The number of hydrogen-bond acceptors (Lipinski definition) is 7. The molecule has 0 saturated carbocycles. The highest BCUT2D eigenvalue weighted by atomic mass is 16.5. The van der Waals surface area contributed by atoms with Gasteiger partial charge in [0.2, 0.25) is 5.95 Å². The maximum atomic E-state index is 12.6. The van der Waals surface area contributed by atoms with Crippen LogP contribution in [0.25, 0.3) is 21.9 Å². The maximum Gasteiger partial charge on any atom is 0.339 e. The fraction of sp³-hybridized carbons (Fsp3) is 0.375. The summed E-state index contributed by atoms with van der Waals surface area (Å²) < 4.78 is 16.3. The summed E-state index contributed by atoms with van der Waals surface area (Å²) >= 11 is 0. The number of esters is 1. The molecular weight excluding hydrogens is 394 g/mol. The molecule has 1 aliphatic rings. The zero-order valence-corrected chi connectivity index (χ0v) is 18.6. The molecule has 1 aromatic heterocycles. The van der Waals surface area contributed by atoms with Crippen molar-refractivity contribution in [3.8, 4) is 22.6 Å². The lowest BCUT2D eigenvalue weighted by Crippen LogP contribution is -2.25. The first-order valence-electron chi connectivity index (χ1n) is 10.4. The molecular formula is C24H27N3O4. The lowest BCUT2D eigenvalue weighted by atomic mass is 9.91. The van der Waals surface area contributed by atoms with E-state index in [9.17, 15) is 4.79 Å². The normalized spacial score (nSPS) is 13.6. The molecule has 1 unspecified atom stereocenters. The van der Waals surface area contributed by atoms with Crippen molar-refractivity contribution in [2.75, 3.05) is 32.7 Å². The number of carbonyl (C=O) groups is 1. The molecule has 31 heavy (non-hydrogen) atoms. The molecule has 1 aliphatic heterocycles. The highest BCUT2D eigenvalue weighted by Gasteiger charge is 2.28. The summed E-state index contributed by atoms with van der Waals surface area (Å²) in [6, 6.07) is 5.77. The van der Waals surface area contributed by atoms with Crippen LogP contribution in [0.3, 0.4) is 0 Å². The second kappa shape index (κ2) is 8.41. The van der Waals surface area contributed by atoms with Crippen LogP contribution in [-0.2, 0) is 11.3 Å². The zero-order valence-electron chi connectivity index (χ0n) is 18.6. The number of anilines is 1. The molecule has 2 heterocycles. The van der Waals surface area contributed by atoms with Crippen molar-refractivity contribution < 1.29 is 19.0 Å². The van der Waals surface area contributed by atoms with E-state index in [-0.39, 0.29) is 12.6 Å². The van der Waals surface area contributed by atoms with Gasteiger partial charge >= 0.3 is 5.97 Å². The maximum absolute atomic E-state index is 12.6. The molecule has 7 nitrogen and oxygen atoms in total. The van der Waals surface area contributed by atoms with Gasteiger partial charge in [-0.05, 0) is 34.9 Å². The van der Waals surface area contributed by atoms with Gasteiger partial charge in [0.05, 0.1) is 19.8 Å². The molecule has 4 rings (SSSR count). The summed E-state index contributed by atoms with van der Waals surface area (Å²) in [5, 5.41) is 1.79. The summed E-state index contributed by atoms with van der Waals surface area (Å²) in [7, 11) is 5.19. The van der Waals surface area contributed by atoms with Crippen molar-refractivity contribution in [1.29, 1.82) is 0 Å². The lowest BCUT2D eigenvalue weighted by Gasteiger charge is -2.21. The van der Waals surface area contributed by atoms with Crippen molar-refractivity contribution in [1.82, 2.24) is 9.97 Å². The summed E-state index contributed by atoms with van der Waals surface area (Å²) in [5.41, 5.74) is 2.92. The molecule has 0 amide bonds. The molecule has 0 saturated heterocycles. The van der Waals surface area contributed by atoms with Crippen LogP contribution in [-0.4, -0.2) is 43.7 Å². The quantitative estimate of drug-likeness (QED) is 0.521. The van der Waals surface area contributed by atoms with E-state index in [0.29, 0.717) is 28.9 Å². The van der Waals surface area contributed by atoms with Gasteiger partial charge in [-0.3, -0.25) is 0 Å². The van der Waals surface area contributed by atoms with E-state index in [2.05, 4.69) is 23.8 Å². The van der Waals surface area contributed by atoms with Gasteiger partial charge in [0.15, 0.2) is 11.5 Å². The van der Waals surface area contributed by atoms with E-state index >= 15 is 0 Å². The first-order chi connectivity index (χ1) is 15.0. The Hall–Kier alpha value is -3.35. The van der Waals surface area contributed by atoms with Gasteiger partial charge in [-0.15, -0.1) is 0 Å². The second-order valence-electron chi connectivity index (χ2n) is 7.96. The Labute approximate surface area is 182 Å². The standard InChI is InChI=1S/C24H27N3O4/c1-6-14(2)12-27(3)24-25-10-17(11-26-24)21-18-9-20(30-5)19(29-4)8-15(18)7-16-13-31-23(28)22(16)21/h7-11,14H,6,12-13H2,1-5H3. The van der Waals surface area contributed by atoms with Crippen molar-refractivity contribution in [2.45, 2.75) is 26.9 Å². The zero-order chi connectivity index (χ0) is 22.1. The SMILES string of the molecule is CCC(C)CN(C)c1ncc(-c2c3c(cc4cc(OC)c(OC)cc24)COC3=O)cn1. The van der Waals surface area contributed by atoms with Gasteiger partial charge in [-0.1, -0.05) is 20.3 Å². The lowest BCUT2D eigenvalue weighted by molar-refractivity contribution is 0.0535. The number of ether oxygens (including phenoxy) is 3. The van der Waals surface area contributed by atoms with Crippen LogP contribution in [0.4, 0.5) is 5.95 Å². The Balaban J connectivity index is 1.86. The molecule has 0 spiro atoms. The Bertz CT molecular complexity index is 1130. The highest BCUT2D eigenvalue weighted by Crippen LogP contribution is 2.42. The molecule has 2 aromatic carbocycles. The smallest absolute Gasteiger partial charge is 0.339 e. The van der Waals surface area contributed by atoms with E-state index < -0.39 is 0 Å². The van der Waals surface area contributed by atoms with Crippen LogP contribution in [0.15, 0.2) is 30.6 Å². The van der Waals surface area contributed by atoms with Gasteiger partial charge in [0.1, 0.15) is 6.61 Å². The first-order valence-corrected chi connectivity index (χ1v) is 10.4. The van der Waals surface area contributed by atoms with Crippen LogP contribution < -0.4 is 14.4 Å². The minimum Gasteiger partial charge on any atom is -0.493 e. The van der Waals surface area contributed by atoms with Crippen LogP contribution >= 0.6 is 0 Å². The average Bonchev–Trinajstić information content (AvgIpc) is 3.16. The number of fused-ring (bicyclic) bond motifs is 2. The molecule has 0 N–H and O–H groups in total. The number of cyclic esters (lactones) is 1. The number of hydrogen-bond donors (Lipinski definition) is 0.